The highest BCUT2D eigenvalue weighted by molar-refractivity contribution is 5.91. The molecule has 0 unspecified atom stereocenters. The van der Waals surface area contributed by atoms with Crippen molar-refractivity contribution >= 4 is 17.5 Å². The maximum absolute atomic E-state index is 13.9. The normalized spacial score (nSPS) is 13.9. The lowest BCUT2D eigenvalue weighted by Crippen LogP contribution is -2.38. The molecule has 0 radical (unpaired) electrons. The lowest BCUT2D eigenvalue weighted by Gasteiger charge is -2.26. The second-order valence-electron chi connectivity index (χ2n) is 8.64. The lowest BCUT2D eigenvalue weighted by atomic mass is 10.0. The zero-order valence-electron chi connectivity index (χ0n) is 20.6. The molecular formula is C27H32FN5O2. The van der Waals surface area contributed by atoms with Crippen LogP contribution >= 0.6 is 0 Å². The van der Waals surface area contributed by atoms with Gasteiger partial charge in [-0.1, -0.05) is 31.2 Å². The molecule has 0 atom stereocenters. The number of hydrogen-bond donors (Lipinski definition) is 1. The molecule has 0 aliphatic carbocycles. The molecule has 7 nitrogen and oxygen atoms in total. The minimum absolute atomic E-state index is 0.149. The van der Waals surface area contributed by atoms with Crippen molar-refractivity contribution < 1.29 is 13.9 Å². The van der Waals surface area contributed by atoms with Gasteiger partial charge in [-0.25, -0.2) is 19.2 Å². The topological polar surface area (TPSA) is 70.6 Å². The van der Waals surface area contributed by atoms with Gasteiger partial charge in [0.2, 0.25) is 0 Å². The first-order valence-corrected chi connectivity index (χ1v) is 12.0. The summed E-state index contributed by atoms with van der Waals surface area (Å²) >= 11 is 0. The van der Waals surface area contributed by atoms with Gasteiger partial charge < -0.3 is 19.9 Å². The third-order valence-electron chi connectivity index (χ3n) is 6.22. The molecule has 184 valence electrons. The molecule has 1 aromatic heterocycles. The Morgan fingerprint density at radius 1 is 1.09 bits per heavy atom. The first kappa shape index (κ1) is 24.4. The van der Waals surface area contributed by atoms with E-state index in [0.29, 0.717) is 37.5 Å². The molecule has 0 spiro atoms. The minimum atomic E-state index is -0.249. The van der Waals surface area contributed by atoms with Crippen molar-refractivity contribution in [3.63, 3.8) is 0 Å². The molecule has 1 saturated heterocycles. The van der Waals surface area contributed by atoms with Gasteiger partial charge in [-0.05, 0) is 49.6 Å². The Hall–Kier alpha value is -3.68. The zero-order valence-corrected chi connectivity index (χ0v) is 20.6. The van der Waals surface area contributed by atoms with Crippen LogP contribution in [0.15, 0.2) is 48.5 Å². The molecule has 0 bridgehead atoms. The largest absolute Gasteiger partial charge is 0.495 e. The SMILES string of the molecule is CCc1nc(C)nc(N2CCCN(C(=O)Nc3ccccc3OC)CC2)c1Cc1cccc(F)c1. The number of hydrogen-bond acceptors (Lipinski definition) is 5. The number of aromatic nitrogens is 2. The summed E-state index contributed by atoms with van der Waals surface area (Å²) in [5.41, 5.74) is 3.54. The van der Waals surface area contributed by atoms with Gasteiger partial charge in [0.15, 0.2) is 0 Å². The van der Waals surface area contributed by atoms with Gasteiger partial charge in [0.1, 0.15) is 23.2 Å². The van der Waals surface area contributed by atoms with E-state index < -0.39 is 0 Å². The van der Waals surface area contributed by atoms with E-state index in [1.54, 1.807) is 19.2 Å². The summed E-state index contributed by atoms with van der Waals surface area (Å²) in [4.78, 5) is 26.6. The molecule has 2 aromatic carbocycles. The van der Waals surface area contributed by atoms with Crippen LogP contribution in [-0.2, 0) is 12.8 Å². The van der Waals surface area contributed by atoms with Crippen LogP contribution in [0.2, 0.25) is 0 Å². The van der Waals surface area contributed by atoms with Crippen LogP contribution in [0.1, 0.15) is 36.0 Å². The van der Waals surface area contributed by atoms with Crippen LogP contribution in [0.3, 0.4) is 0 Å². The van der Waals surface area contributed by atoms with Gasteiger partial charge in [0, 0.05) is 43.9 Å². The number of rotatable bonds is 6. The van der Waals surface area contributed by atoms with E-state index in [-0.39, 0.29) is 11.8 Å². The Bertz CT molecular complexity index is 1190. The van der Waals surface area contributed by atoms with E-state index in [4.69, 9.17) is 9.72 Å². The minimum Gasteiger partial charge on any atom is -0.495 e. The number of halogens is 1. The average molecular weight is 478 g/mol. The van der Waals surface area contributed by atoms with Crippen LogP contribution < -0.4 is 15.0 Å². The number of anilines is 2. The summed E-state index contributed by atoms with van der Waals surface area (Å²) in [6, 6.07) is 13.9. The number of para-hydroxylation sites is 2. The van der Waals surface area contributed by atoms with Crippen molar-refractivity contribution in [3.05, 3.63) is 77.0 Å². The summed E-state index contributed by atoms with van der Waals surface area (Å²) in [5.74, 6) is 1.98. The third kappa shape index (κ3) is 5.88. The Morgan fingerprint density at radius 2 is 1.91 bits per heavy atom. The van der Waals surface area contributed by atoms with E-state index in [2.05, 4.69) is 22.1 Å². The van der Waals surface area contributed by atoms with E-state index in [0.717, 1.165) is 47.8 Å². The summed E-state index contributed by atoms with van der Waals surface area (Å²) in [7, 11) is 1.59. The van der Waals surface area contributed by atoms with E-state index >= 15 is 0 Å². The quantitative estimate of drug-likeness (QED) is 0.551. The van der Waals surface area contributed by atoms with Crippen LogP contribution in [-0.4, -0.2) is 54.2 Å². The molecule has 1 N–H and O–H groups in total. The molecule has 0 saturated carbocycles. The Balaban J connectivity index is 1.54. The molecule has 3 aromatic rings. The Kier molecular flexibility index (Phi) is 7.80. The van der Waals surface area contributed by atoms with Crippen molar-refractivity contribution in [2.75, 3.05) is 43.5 Å². The van der Waals surface area contributed by atoms with Gasteiger partial charge in [-0.15, -0.1) is 0 Å². The van der Waals surface area contributed by atoms with Gasteiger partial charge >= 0.3 is 6.03 Å². The molecule has 1 fully saturated rings. The van der Waals surface area contributed by atoms with E-state index in [1.165, 1.54) is 6.07 Å². The number of ether oxygens (including phenoxy) is 1. The van der Waals surface area contributed by atoms with Crippen molar-refractivity contribution in [2.45, 2.75) is 33.1 Å². The predicted molar refractivity (Wildman–Crippen MR) is 136 cm³/mol. The number of urea groups is 1. The molecule has 4 rings (SSSR count). The van der Waals surface area contributed by atoms with Gasteiger partial charge in [-0.2, -0.15) is 0 Å². The molecule has 2 heterocycles. The summed E-state index contributed by atoms with van der Waals surface area (Å²) in [6.07, 6.45) is 2.14. The standard InChI is InChI=1S/C27H32FN5O2/c1-4-23-22(18-20-9-7-10-21(28)17-20)26(30-19(2)29-23)32-13-8-14-33(16-15-32)27(34)31-24-11-5-6-12-25(24)35-3/h5-7,9-12,17H,4,8,13-16,18H2,1-3H3,(H,31,34). The zero-order chi connectivity index (χ0) is 24.8. The monoisotopic (exact) mass is 477 g/mol. The Morgan fingerprint density at radius 3 is 2.69 bits per heavy atom. The molecule has 1 aliphatic rings. The molecule has 2 amide bonds. The number of benzene rings is 2. The molecular weight excluding hydrogens is 445 g/mol. The van der Waals surface area contributed by atoms with Crippen molar-refractivity contribution in [1.82, 2.24) is 14.9 Å². The second-order valence-corrected chi connectivity index (χ2v) is 8.64. The number of methoxy groups -OCH3 is 1. The van der Waals surface area contributed by atoms with Gasteiger partial charge in [0.25, 0.3) is 0 Å². The fourth-order valence-electron chi connectivity index (χ4n) is 4.50. The average Bonchev–Trinajstić information content (AvgIpc) is 3.11. The first-order valence-electron chi connectivity index (χ1n) is 12.0. The Labute approximate surface area is 206 Å². The van der Waals surface area contributed by atoms with Gasteiger partial charge in [0.05, 0.1) is 12.8 Å². The number of nitrogens with zero attached hydrogens (tertiary/aromatic N) is 4. The summed E-state index contributed by atoms with van der Waals surface area (Å²) in [5, 5.41) is 2.97. The van der Waals surface area contributed by atoms with Crippen LogP contribution in [0.25, 0.3) is 0 Å². The highest BCUT2D eigenvalue weighted by Crippen LogP contribution is 2.27. The maximum atomic E-state index is 13.9. The fourth-order valence-corrected chi connectivity index (χ4v) is 4.50. The fraction of sp³-hybridized carbons (Fsp3) is 0.370. The number of carbonyl (C=O) groups is 1. The smallest absolute Gasteiger partial charge is 0.322 e. The van der Waals surface area contributed by atoms with Crippen LogP contribution in [0.4, 0.5) is 20.7 Å². The first-order chi connectivity index (χ1) is 17.0. The van der Waals surface area contributed by atoms with Crippen LogP contribution in [0.5, 0.6) is 5.75 Å². The van der Waals surface area contributed by atoms with Crippen molar-refractivity contribution in [3.8, 4) is 5.75 Å². The van der Waals surface area contributed by atoms with E-state index in [9.17, 15) is 9.18 Å². The number of amides is 2. The summed E-state index contributed by atoms with van der Waals surface area (Å²) < 4.78 is 19.2. The highest BCUT2D eigenvalue weighted by Gasteiger charge is 2.24. The number of nitrogens with one attached hydrogen (secondary N) is 1. The van der Waals surface area contributed by atoms with E-state index in [1.807, 2.05) is 42.2 Å². The molecule has 35 heavy (non-hydrogen) atoms. The number of aryl methyl sites for hydroxylation is 2. The second kappa shape index (κ2) is 11.2. The third-order valence-corrected chi connectivity index (χ3v) is 6.22. The summed E-state index contributed by atoms with van der Waals surface area (Å²) in [6.45, 7) is 6.60. The molecule has 8 heteroatoms. The highest BCUT2D eigenvalue weighted by atomic mass is 19.1. The van der Waals surface area contributed by atoms with Gasteiger partial charge in [-0.3, -0.25) is 0 Å². The predicted octanol–water partition coefficient (Wildman–Crippen LogP) is 4.83. The van der Waals surface area contributed by atoms with Crippen molar-refractivity contribution in [1.29, 1.82) is 0 Å². The maximum Gasteiger partial charge on any atom is 0.322 e. The molecule has 1 aliphatic heterocycles. The van der Waals surface area contributed by atoms with Crippen molar-refractivity contribution in [2.24, 2.45) is 0 Å². The number of carbonyl (C=O) groups excluding carboxylic acids is 1. The van der Waals surface area contributed by atoms with Crippen LogP contribution in [0, 0.1) is 12.7 Å². The lowest BCUT2D eigenvalue weighted by molar-refractivity contribution is 0.215.